The zero-order chi connectivity index (χ0) is 14.4. The molecule has 0 aromatic heterocycles. The molecule has 0 saturated carbocycles. The summed E-state index contributed by atoms with van der Waals surface area (Å²) >= 11 is 0. The zero-order valence-corrected chi connectivity index (χ0v) is 12.1. The second kappa shape index (κ2) is 7.10. The van der Waals surface area contributed by atoms with Crippen LogP contribution in [0.15, 0.2) is 36.9 Å². The highest BCUT2D eigenvalue weighted by molar-refractivity contribution is 5.94. The van der Waals surface area contributed by atoms with Gasteiger partial charge < -0.3 is 14.5 Å². The van der Waals surface area contributed by atoms with Gasteiger partial charge in [-0.2, -0.15) is 0 Å². The van der Waals surface area contributed by atoms with Gasteiger partial charge in [-0.15, -0.1) is 0 Å². The molecule has 1 aliphatic heterocycles. The van der Waals surface area contributed by atoms with Gasteiger partial charge in [-0.05, 0) is 31.2 Å². The predicted octanol–water partition coefficient (Wildman–Crippen LogP) is 0.612. The van der Waals surface area contributed by atoms with E-state index < -0.39 is 0 Å². The number of ether oxygens (including phenoxy) is 1. The minimum absolute atomic E-state index is 0.121. The topological polar surface area (TPSA) is 34.0 Å². The number of hydrogen-bond acceptors (Lipinski definition) is 2. The number of quaternary nitrogens is 1. The van der Waals surface area contributed by atoms with E-state index in [1.165, 1.54) is 0 Å². The first kappa shape index (κ1) is 14.6. The first-order chi connectivity index (χ1) is 9.74. The molecule has 2 rings (SSSR count). The highest BCUT2D eigenvalue weighted by atomic mass is 16.5. The first-order valence-corrected chi connectivity index (χ1v) is 7.21. The number of rotatable bonds is 5. The van der Waals surface area contributed by atoms with Crippen LogP contribution in [0.4, 0.5) is 0 Å². The summed E-state index contributed by atoms with van der Waals surface area (Å²) in [5, 5.41) is 0. The van der Waals surface area contributed by atoms with Gasteiger partial charge >= 0.3 is 0 Å². The highest BCUT2D eigenvalue weighted by Crippen LogP contribution is 2.14. The van der Waals surface area contributed by atoms with Gasteiger partial charge in [0.25, 0.3) is 5.91 Å². The van der Waals surface area contributed by atoms with Gasteiger partial charge in [-0.3, -0.25) is 4.79 Å². The standard InChI is InChI=1S/C16H22N2O2/c1-3-13-20-15-7-5-14(6-8-15)16(19)18-11-9-17(4-2)10-12-18/h3,5-8H,1,4,9-13H2,2H3/p+1. The molecular formula is C16H23N2O2+. The Balaban J connectivity index is 1.94. The number of nitrogens with one attached hydrogen (secondary N) is 1. The maximum absolute atomic E-state index is 12.4. The van der Waals surface area contributed by atoms with Gasteiger partial charge in [0.1, 0.15) is 12.4 Å². The van der Waals surface area contributed by atoms with Crippen molar-refractivity contribution in [3.63, 3.8) is 0 Å². The fourth-order valence-electron chi connectivity index (χ4n) is 2.41. The number of nitrogens with zero attached hydrogens (tertiary/aromatic N) is 1. The maximum atomic E-state index is 12.4. The van der Waals surface area contributed by atoms with E-state index in [2.05, 4.69) is 13.5 Å². The molecule has 0 atom stereocenters. The summed E-state index contributed by atoms with van der Waals surface area (Å²) < 4.78 is 5.42. The highest BCUT2D eigenvalue weighted by Gasteiger charge is 2.23. The van der Waals surface area contributed by atoms with Crippen LogP contribution in [0.25, 0.3) is 0 Å². The molecule has 0 bridgehead atoms. The Labute approximate surface area is 120 Å². The number of hydrogen-bond donors (Lipinski definition) is 1. The van der Waals surface area contributed by atoms with Crippen molar-refractivity contribution in [3.05, 3.63) is 42.5 Å². The van der Waals surface area contributed by atoms with Crippen LogP contribution in [0, 0.1) is 0 Å². The molecule has 1 N–H and O–H groups in total. The third kappa shape index (κ3) is 3.61. The first-order valence-electron chi connectivity index (χ1n) is 7.21. The average Bonchev–Trinajstić information content (AvgIpc) is 2.53. The Morgan fingerprint density at radius 3 is 2.55 bits per heavy atom. The summed E-state index contributed by atoms with van der Waals surface area (Å²) in [4.78, 5) is 15.9. The zero-order valence-electron chi connectivity index (χ0n) is 12.1. The second-order valence-electron chi connectivity index (χ2n) is 5.02. The lowest BCUT2D eigenvalue weighted by molar-refractivity contribution is -0.902. The van der Waals surface area contributed by atoms with Crippen LogP contribution in [0.1, 0.15) is 17.3 Å². The molecule has 1 fully saturated rings. The molecule has 0 unspecified atom stereocenters. The normalized spacial score (nSPS) is 15.9. The third-order valence-electron chi connectivity index (χ3n) is 3.73. The van der Waals surface area contributed by atoms with Gasteiger partial charge in [-0.1, -0.05) is 12.7 Å². The van der Waals surface area contributed by atoms with Crippen molar-refractivity contribution in [3.8, 4) is 5.75 Å². The van der Waals surface area contributed by atoms with E-state index in [4.69, 9.17) is 4.74 Å². The van der Waals surface area contributed by atoms with Crippen molar-refractivity contribution >= 4 is 5.91 Å². The summed E-state index contributed by atoms with van der Waals surface area (Å²) in [6.45, 7) is 11.2. The van der Waals surface area contributed by atoms with Crippen LogP contribution in [0.2, 0.25) is 0 Å². The molecule has 0 spiro atoms. The molecule has 1 saturated heterocycles. The summed E-state index contributed by atoms with van der Waals surface area (Å²) in [6, 6.07) is 7.34. The van der Waals surface area contributed by atoms with E-state index in [0.29, 0.717) is 6.61 Å². The Morgan fingerprint density at radius 1 is 1.35 bits per heavy atom. The fraction of sp³-hybridized carbons (Fsp3) is 0.438. The average molecular weight is 275 g/mol. The number of benzene rings is 1. The van der Waals surface area contributed by atoms with Crippen molar-refractivity contribution in [2.24, 2.45) is 0 Å². The number of carbonyl (C=O) groups is 1. The number of carbonyl (C=O) groups excluding carboxylic acids is 1. The molecular weight excluding hydrogens is 252 g/mol. The van der Waals surface area contributed by atoms with E-state index in [-0.39, 0.29) is 5.91 Å². The molecule has 4 nitrogen and oxygen atoms in total. The van der Waals surface area contributed by atoms with Crippen LogP contribution < -0.4 is 9.64 Å². The number of likely N-dealkylation sites (N-methyl/N-ethyl adjacent to an activating group) is 1. The Morgan fingerprint density at radius 2 is 2.00 bits per heavy atom. The maximum Gasteiger partial charge on any atom is 0.254 e. The van der Waals surface area contributed by atoms with Crippen molar-refractivity contribution in [2.45, 2.75) is 6.92 Å². The van der Waals surface area contributed by atoms with Crippen LogP contribution in [-0.4, -0.2) is 50.1 Å². The van der Waals surface area contributed by atoms with Crippen molar-refractivity contribution < 1.29 is 14.4 Å². The number of amides is 1. The van der Waals surface area contributed by atoms with Crippen LogP contribution in [-0.2, 0) is 0 Å². The van der Waals surface area contributed by atoms with Gasteiger partial charge in [0.15, 0.2) is 0 Å². The summed E-state index contributed by atoms with van der Waals surface area (Å²) in [6.07, 6.45) is 1.70. The lowest BCUT2D eigenvalue weighted by atomic mass is 10.1. The van der Waals surface area contributed by atoms with Crippen LogP contribution in [0.5, 0.6) is 5.75 Å². The number of piperazine rings is 1. The monoisotopic (exact) mass is 275 g/mol. The molecule has 1 amide bonds. The minimum atomic E-state index is 0.121. The Hall–Kier alpha value is -1.81. The predicted molar refractivity (Wildman–Crippen MR) is 79.3 cm³/mol. The van der Waals surface area contributed by atoms with Crippen LogP contribution in [0.3, 0.4) is 0 Å². The lowest BCUT2D eigenvalue weighted by Gasteiger charge is -2.31. The smallest absolute Gasteiger partial charge is 0.254 e. The molecule has 4 heteroatoms. The SMILES string of the molecule is C=CCOc1ccc(C(=O)N2CC[NH+](CC)CC2)cc1. The molecule has 1 aliphatic rings. The Bertz CT molecular complexity index is 448. The molecule has 1 aromatic rings. The van der Waals surface area contributed by atoms with E-state index in [0.717, 1.165) is 44.0 Å². The van der Waals surface area contributed by atoms with E-state index >= 15 is 0 Å². The quantitative estimate of drug-likeness (QED) is 0.799. The van der Waals surface area contributed by atoms with Crippen LogP contribution >= 0.6 is 0 Å². The molecule has 108 valence electrons. The van der Waals surface area contributed by atoms with Gasteiger partial charge in [0, 0.05) is 5.56 Å². The molecule has 1 heterocycles. The largest absolute Gasteiger partial charge is 0.490 e. The van der Waals surface area contributed by atoms with Crippen molar-refractivity contribution in [2.75, 3.05) is 39.3 Å². The van der Waals surface area contributed by atoms with E-state index in [1.807, 2.05) is 29.2 Å². The molecule has 1 aromatic carbocycles. The van der Waals surface area contributed by atoms with Crippen molar-refractivity contribution in [1.29, 1.82) is 0 Å². The van der Waals surface area contributed by atoms with Gasteiger partial charge in [-0.25, -0.2) is 0 Å². The summed E-state index contributed by atoms with van der Waals surface area (Å²) in [5.41, 5.74) is 0.732. The van der Waals surface area contributed by atoms with Gasteiger partial charge in [0.05, 0.1) is 32.7 Å². The molecule has 0 radical (unpaired) electrons. The van der Waals surface area contributed by atoms with E-state index in [9.17, 15) is 4.79 Å². The lowest BCUT2D eigenvalue weighted by Crippen LogP contribution is -3.14. The second-order valence-corrected chi connectivity index (χ2v) is 5.02. The third-order valence-corrected chi connectivity index (χ3v) is 3.73. The molecule has 0 aliphatic carbocycles. The summed E-state index contributed by atoms with van der Waals surface area (Å²) in [7, 11) is 0. The minimum Gasteiger partial charge on any atom is -0.490 e. The Kier molecular flexibility index (Phi) is 5.18. The van der Waals surface area contributed by atoms with E-state index in [1.54, 1.807) is 11.0 Å². The van der Waals surface area contributed by atoms with Gasteiger partial charge in [0.2, 0.25) is 0 Å². The summed E-state index contributed by atoms with van der Waals surface area (Å²) in [5.74, 6) is 0.886. The van der Waals surface area contributed by atoms with Crippen molar-refractivity contribution in [1.82, 2.24) is 4.90 Å². The fourth-order valence-corrected chi connectivity index (χ4v) is 2.41. The molecule has 20 heavy (non-hydrogen) atoms.